The number of thiophene rings is 1. The fourth-order valence-electron chi connectivity index (χ4n) is 3.64. The third-order valence-electron chi connectivity index (χ3n) is 5.06. The fourth-order valence-corrected chi connectivity index (χ4v) is 4.92. The van der Waals surface area contributed by atoms with Crippen LogP contribution in [-0.2, 0) is 17.6 Å². The molecule has 3 rings (SSSR count). The number of hydrogen-bond acceptors (Lipinski definition) is 4. The summed E-state index contributed by atoms with van der Waals surface area (Å²) < 4.78 is 5.04. The summed E-state index contributed by atoms with van der Waals surface area (Å²) in [7, 11) is 1.65. The number of hydrogen-bond donors (Lipinski definition) is 2. The molecule has 5 nitrogen and oxygen atoms in total. The molecule has 2 aromatic rings. The molecule has 0 bridgehead atoms. The van der Waals surface area contributed by atoms with Gasteiger partial charge in [0.1, 0.15) is 5.00 Å². The minimum Gasteiger partial charge on any atom is -0.385 e. The number of methoxy groups -OCH3 is 1. The standard InChI is InChI=1S/C22H28N2O3S/c1-14-9-10-16(15(2)13-14)20(25)24-22-19(21(26)23-11-6-12-27-3)17-7-4-5-8-18(17)28-22/h9-10,13H,4-8,11-12H2,1-3H3,(H,23,26)(H,24,25). The highest BCUT2D eigenvalue weighted by atomic mass is 32.1. The van der Waals surface area contributed by atoms with Gasteiger partial charge in [-0.3, -0.25) is 9.59 Å². The maximum Gasteiger partial charge on any atom is 0.256 e. The maximum atomic E-state index is 12.9. The van der Waals surface area contributed by atoms with Crippen LogP contribution in [-0.4, -0.2) is 32.1 Å². The number of anilines is 1. The maximum absolute atomic E-state index is 12.9. The lowest BCUT2D eigenvalue weighted by Crippen LogP contribution is -2.27. The first kappa shape index (κ1) is 20.6. The van der Waals surface area contributed by atoms with Gasteiger partial charge >= 0.3 is 0 Å². The van der Waals surface area contributed by atoms with Crippen molar-refractivity contribution in [2.45, 2.75) is 46.0 Å². The van der Waals surface area contributed by atoms with Crippen LogP contribution in [0.5, 0.6) is 0 Å². The zero-order chi connectivity index (χ0) is 20.1. The molecule has 2 amide bonds. The predicted molar refractivity (Wildman–Crippen MR) is 114 cm³/mol. The number of fused-ring (bicyclic) bond motifs is 1. The third kappa shape index (κ3) is 4.62. The Morgan fingerprint density at radius 1 is 1.14 bits per heavy atom. The average Bonchev–Trinajstić information content (AvgIpc) is 3.02. The van der Waals surface area contributed by atoms with Gasteiger partial charge in [0.15, 0.2) is 0 Å². The van der Waals surface area contributed by atoms with Crippen LogP contribution in [0.3, 0.4) is 0 Å². The Balaban J connectivity index is 1.84. The van der Waals surface area contributed by atoms with E-state index in [4.69, 9.17) is 4.74 Å². The number of carbonyl (C=O) groups excluding carboxylic acids is 2. The third-order valence-corrected chi connectivity index (χ3v) is 6.27. The minimum absolute atomic E-state index is 0.105. The number of aryl methyl sites for hydroxylation is 3. The van der Waals surface area contributed by atoms with E-state index in [1.54, 1.807) is 18.4 Å². The first-order valence-corrected chi connectivity index (χ1v) is 10.6. The highest BCUT2D eigenvalue weighted by molar-refractivity contribution is 7.17. The summed E-state index contributed by atoms with van der Waals surface area (Å²) in [5.74, 6) is -0.268. The number of amides is 2. The largest absolute Gasteiger partial charge is 0.385 e. The lowest BCUT2D eigenvalue weighted by Gasteiger charge is -2.13. The Labute approximate surface area is 170 Å². The molecule has 0 spiro atoms. The van der Waals surface area contributed by atoms with Crippen molar-refractivity contribution in [2.24, 2.45) is 0 Å². The van der Waals surface area contributed by atoms with Gasteiger partial charge in [-0.25, -0.2) is 0 Å². The summed E-state index contributed by atoms with van der Waals surface area (Å²) >= 11 is 1.55. The van der Waals surface area contributed by atoms with Gasteiger partial charge in [0, 0.05) is 30.7 Å². The first-order valence-electron chi connectivity index (χ1n) is 9.81. The Hall–Kier alpha value is -2.18. The van der Waals surface area contributed by atoms with Gasteiger partial charge < -0.3 is 15.4 Å². The van der Waals surface area contributed by atoms with Gasteiger partial charge in [-0.2, -0.15) is 0 Å². The number of nitrogens with one attached hydrogen (secondary N) is 2. The van der Waals surface area contributed by atoms with E-state index < -0.39 is 0 Å². The zero-order valence-corrected chi connectivity index (χ0v) is 17.6. The van der Waals surface area contributed by atoms with Crippen LogP contribution in [0, 0.1) is 13.8 Å². The van der Waals surface area contributed by atoms with E-state index in [1.165, 1.54) is 4.88 Å². The normalized spacial score (nSPS) is 13.1. The Morgan fingerprint density at radius 2 is 1.93 bits per heavy atom. The van der Waals surface area contributed by atoms with Crippen LogP contribution in [0.25, 0.3) is 0 Å². The van der Waals surface area contributed by atoms with Gasteiger partial charge in [-0.15, -0.1) is 11.3 Å². The summed E-state index contributed by atoms with van der Waals surface area (Å²) in [4.78, 5) is 27.0. The number of rotatable bonds is 7. The average molecular weight is 401 g/mol. The van der Waals surface area contributed by atoms with Crippen LogP contribution < -0.4 is 10.6 Å². The van der Waals surface area contributed by atoms with Crippen molar-refractivity contribution in [3.05, 3.63) is 50.9 Å². The molecule has 0 saturated carbocycles. The molecule has 0 radical (unpaired) electrons. The van der Waals surface area contributed by atoms with E-state index in [2.05, 4.69) is 10.6 Å². The second-order valence-electron chi connectivity index (χ2n) is 7.29. The highest BCUT2D eigenvalue weighted by Crippen LogP contribution is 2.38. The van der Waals surface area contributed by atoms with Crippen molar-refractivity contribution in [3.63, 3.8) is 0 Å². The van der Waals surface area contributed by atoms with Gasteiger partial charge in [-0.1, -0.05) is 17.7 Å². The molecule has 6 heteroatoms. The molecule has 0 saturated heterocycles. The number of ether oxygens (including phenoxy) is 1. The fraction of sp³-hybridized carbons (Fsp3) is 0.455. The lowest BCUT2D eigenvalue weighted by atomic mass is 9.95. The molecular formula is C22H28N2O3S. The first-order chi connectivity index (χ1) is 13.5. The van der Waals surface area contributed by atoms with Crippen LogP contribution in [0.4, 0.5) is 5.00 Å². The van der Waals surface area contributed by atoms with E-state index in [1.807, 2.05) is 32.0 Å². The molecule has 1 aliphatic rings. The molecule has 1 heterocycles. The summed E-state index contributed by atoms with van der Waals surface area (Å²) in [5, 5.41) is 6.67. The van der Waals surface area contributed by atoms with Gasteiger partial charge in [-0.05, 0) is 63.1 Å². The Kier molecular flexibility index (Phi) is 6.86. The monoisotopic (exact) mass is 400 g/mol. The van der Waals surface area contributed by atoms with E-state index in [0.29, 0.717) is 29.3 Å². The Morgan fingerprint density at radius 3 is 2.68 bits per heavy atom. The predicted octanol–water partition coefficient (Wildman–Crippen LogP) is 4.26. The molecule has 1 aromatic heterocycles. The molecule has 1 aliphatic carbocycles. The summed E-state index contributed by atoms with van der Waals surface area (Å²) in [6.07, 6.45) is 4.85. The van der Waals surface area contributed by atoms with Gasteiger partial charge in [0.25, 0.3) is 11.8 Å². The molecule has 0 fully saturated rings. The minimum atomic E-state index is -0.162. The quantitative estimate of drug-likeness (QED) is 0.683. The highest BCUT2D eigenvalue weighted by Gasteiger charge is 2.26. The number of benzene rings is 1. The molecule has 28 heavy (non-hydrogen) atoms. The topological polar surface area (TPSA) is 67.4 Å². The van der Waals surface area contributed by atoms with Crippen molar-refractivity contribution >= 4 is 28.2 Å². The van der Waals surface area contributed by atoms with E-state index in [-0.39, 0.29) is 11.8 Å². The van der Waals surface area contributed by atoms with Crippen LogP contribution >= 0.6 is 11.3 Å². The van der Waals surface area contributed by atoms with Crippen LogP contribution in [0.1, 0.15) is 61.5 Å². The summed E-state index contributed by atoms with van der Waals surface area (Å²) in [6.45, 7) is 5.11. The number of carbonyl (C=O) groups is 2. The molecule has 0 unspecified atom stereocenters. The van der Waals surface area contributed by atoms with Crippen LogP contribution in [0.15, 0.2) is 18.2 Å². The van der Waals surface area contributed by atoms with Crippen molar-refractivity contribution in [1.82, 2.24) is 5.32 Å². The molecule has 0 aliphatic heterocycles. The van der Waals surface area contributed by atoms with E-state index >= 15 is 0 Å². The molecular weight excluding hydrogens is 372 g/mol. The summed E-state index contributed by atoms with van der Waals surface area (Å²) in [6, 6.07) is 5.78. The second kappa shape index (κ2) is 9.34. The second-order valence-corrected chi connectivity index (χ2v) is 8.39. The van der Waals surface area contributed by atoms with Gasteiger partial charge in [0.05, 0.1) is 5.56 Å². The van der Waals surface area contributed by atoms with Crippen molar-refractivity contribution in [2.75, 3.05) is 25.6 Å². The lowest BCUT2D eigenvalue weighted by molar-refractivity contribution is 0.0948. The molecule has 150 valence electrons. The van der Waals surface area contributed by atoms with Gasteiger partial charge in [0.2, 0.25) is 0 Å². The Bertz CT molecular complexity index is 873. The SMILES string of the molecule is COCCCNC(=O)c1c(NC(=O)c2ccc(C)cc2C)sc2c1CCCC2. The summed E-state index contributed by atoms with van der Waals surface area (Å²) in [5.41, 5.74) is 4.45. The smallest absolute Gasteiger partial charge is 0.256 e. The van der Waals surface area contributed by atoms with Crippen molar-refractivity contribution < 1.29 is 14.3 Å². The molecule has 0 atom stereocenters. The van der Waals surface area contributed by atoms with E-state index in [0.717, 1.165) is 48.8 Å². The van der Waals surface area contributed by atoms with Crippen molar-refractivity contribution in [3.8, 4) is 0 Å². The van der Waals surface area contributed by atoms with E-state index in [9.17, 15) is 9.59 Å². The molecule has 2 N–H and O–H groups in total. The molecule has 1 aromatic carbocycles. The van der Waals surface area contributed by atoms with Crippen molar-refractivity contribution in [1.29, 1.82) is 0 Å². The van der Waals surface area contributed by atoms with Crippen LogP contribution in [0.2, 0.25) is 0 Å². The zero-order valence-electron chi connectivity index (χ0n) is 16.8.